The topological polar surface area (TPSA) is 67.0 Å². The fourth-order valence-corrected chi connectivity index (χ4v) is 4.13. The van der Waals surface area contributed by atoms with E-state index < -0.39 is 5.41 Å². The fourth-order valence-electron chi connectivity index (χ4n) is 4.13. The van der Waals surface area contributed by atoms with Crippen LogP contribution in [0.4, 0.5) is 5.69 Å². The van der Waals surface area contributed by atoms with Gasteiger partial charge in [0.05, 0.1) is 23.7 Å². The Morgan fingerprint density at radius 2 is 2.20 bits per heavy atom. The van der Waals surface area contributed by atoms with Crippen LogP contribution in [0, 0.1) is 0 Å². The number of H-pyrrole nitrogens is 1. The zero-order valence-electron chi connectivity index (χ0n) is 13.8. The number of nitrogens with zero attached hydrogens (tertiary/aromatic N) is 1. The van der Waals surface area contributed by atoms with Crippen LogP contribution in [0.2, 0.25) is 0 Å². The number of carbonyl (C=O) groups is 1. The number of benzene rings is 2. The van der Waals surface area contributed by atoms with Crippen LogP contribution in [0.25, 0.3) is 17.0 Å². The Balaban J connectivity index is 1.59. The van der Waals surface area contributed by atoms with Crippen molar-refractivity contribution in [2.75, 3.05) is 12.4 Å². The van der Waals surface area contributed by atoms with Crippen molar-refractivity contribution in [3.63, 3.8) is 0 Å². The van der Waals surface area contributed by atoms with Crippen molar-refractivity contribution in [3.8, 4) is 5.75 Å². The summed E-state index contributed by atoms with van der Waals surface area (Å²) in [6.07, 6.45) is 2.55. The van der Waals surface area contributed by atoms with Gasteiger partial charge >= 0.3 is 0 Å². The Hall–Kier alpha value is -3.08. The summed E-state index contributed by atoms with van der Waals surface area (Å²) in [5.41, 5.74) is 4.43. The zero-order chi connectivity index (χ0) is 17.2. The molecule has 0 unspecified atom stereocenters. The Kier molecular flexibility index (Phi) is 2.70. The standard InChI is InChI=1S/C20H17N3O2/c1-3-16-13-6-4-11(8-18(13)23-22-16)15-10-20(15)14-9-12(25-2)5-7-17(14)21-19(20)24/h3-9,15H,1,10H2,2H3,(H,21,24)(H,22,23)/t15-,20-/m0/s1. The highest BCUT2D eigenvalue weighted by atomic mass is 16.5. The molecule has 1 aromatic heterocycles. The van der Waals surface area contributed by atoms with Gasteiger partial charge in [-0.15, -0.1) is 0 Å². The summed E-state index contributed by atoms with van der Waals surface area (Å²) >= 11 is 0. The number of rotatable bonds is 3. The summed E-state index contributed by atoms with van der Waals surface area (Å²) in [7, 11) is 1.65. The number of anilines is 1. The van der Waals surface area contributed by atoms with Crippen LogP contribution < -0.4 is 10.1 Å². The maximum Gasteiger partial charge on any atom is 0.235 e. The second-order valence-corrected chi connectivity index (χ2v) is 6.71. The van der Waals surface area contributed by atoms with E-state index in [4.69, 9.17) is 4.74 Å². The largest absolute Gasteiger partial charge is 0.497 e. The zero-order valence-corrected chi connectivity index (χ0v) is 13.8. The molecule has 124 valence electrons. The third-order valence-electron chi connectivity index (χ3n) is 5.53. The predicted octanol–water partition coefficient (Wildman–Crippen LogP) is 3.59. The van der Waals surface area contributed by atoms with Gasteiger partial charge in [0.2, 0.25) is 5.91 Å². The van der Waals surface area contributed by atoms with E-state index in [1.165, 1.54) is 0 Å². The van der Waals surface area contributed by atoms with E-state index in [0.29, 0.717) is 0 Å². The Labute approximate surface area is 144 Å². The second-order valence-electron chi connectivity index (χ2n) is 6.71. The number of carbonyl (C=O) groups excluding carboxylic acids is 1. The molecule has 2 atom stereocenters. The number of methoxy groups -OCH3 is 1. The molecular weight excluding hydrogens is 314 g/mol. The van der Waals surface area contributed by atoms with Crippen LogP contribution in [0.15, 0.2) is 43.0 Å². The van der Waals surface area contributed by atoms with Crippen molar-refractivity contribution in [3.05, 3.63) is 59.8 Å². The van der Waals surface area contributed by atoms with Crippen molar-refractivity contribution in [2.45, 2.75) is 17.8 Å². The summed E-state index contributed by atoms with van der Waals surface area (Å²) in [6, 6.07) is 12.0. The number of nitrogens with one attached hydrogen (secondary N) is 2. The number of hydrogen-bond donors (Lipinski definition) is 2. The average molecular weight is 331 g/mol. The number of hydrogen-bond acceptors (Lipinski definition) is 3. The number of fused-ring (bicyclic) bond motifs is 3. The molecule has 1 amide bonds. The summed E-state index contributed by atoms with van der Waals surface area (Å²) in [5, 5.41) is 11.4. The molecule has 2 N–H and O–H groups in total. The predicted molar refractivity (Wildman–Crippen MR) is 96.8 cm³/mol. The van der Waals surface area contributed by atoms with Gasteiger partial charge in [-0.05, 0) is 47.9 Å². The van der Waals surface area contributed by atoms with Gasteiger partial charge in [-0.25, -0.2) is 0 Å². The molecule has 2 aliphatic rings. The quantitative estimate of drug-likeness (QED) is 0.771. The minimum atomic E-state index is -0.473. The van der Waals surface area contributed by atoms with Crippen LogP contribution in [0.5, 0.6) is 5.75 Å². The van der Waals surface area contributed by atoms with E-state index in [9.17, 15) is 4.79 Å². The molecule has 1 aliphatic heterocycles. The van der Waals surface area contributed by atoms with Gasteiger partial charge in [0, 0.05) is 17.0 Å². The molecule has 0 bridgehead atoms. The van der Waals surface area contributed by atoms with E-state index in [1.54, 1.807) is 13.2 Å². The van der Waals surface area contributed by atoms with Gasteiger partial charge in [0.1, 0.15) is 5.75 Å². The molecule has 3 aromatic rings. The van der Waals surface area contributed by atoms with Crippen LogP contribution >= 0.6 is 0 Å². The summed E-state index contributed by atoms with van der Waals surface area (Å²) in [5.74, 6) is 1.03. The van der Waals surface area contributed by atoms with Crippen LogP contribution in [0.1, 0.15) is 29.2 Å². The molecule has 5 rings (SSSR count). The monoisotopic (exact) mass is 331 g/mol. The minimum absolute atomic E-state index is 0.0808. The van der Waals surface area contributed by atoms with Gasteiger partial charge in [-0.3, -0.25) is 9.89 Å². The van der Waals surface area contributed by atoms with Crippen molar-refractivity contribution >= 4 is 28.6 Å². The molecule has 2 heterocycles. The lowest BCUT2D eigenvalue weighted by Crippen LogP contribution is -2.21. The highest BCUT2D eigenvalue weighted by Crippen LogP contribution is 2.65. The van der Waals surface area contributed by atoms with Gasteiger partial charge in [-0.2, -0.15) is 5.10 Å². The lowest BCUT2D eigenvalue weighted by molar-refractivity contribution is -0.118. The van der Waals surface area contributed by atoms with Crippen LogP contribution in [0.3, 0.4) is 0 Å². The first-order chi connectivity index (χ1) is 12.2. The summed E-state index contributed by atoms with van der Waals surface area (Å²) < 4.78 is 5.35. The lowest BCUT2D eigenvalue weighted by atomic mass is 9.91. The number of aromatic nitrogens is 2. The molecule has 1 fully saturated rings. The SMILES string of the molecule is C=Cc1n[nH]c2cc([C@@H]3C[C@@]34C(=O)Nc3ccc(OC)cc34)ccc12. The minimum Gasteiger partial charge on any atom is -0.497 e. The van der Waals surface area contributed by atoms with E-state index in [-0.39, 0.29) is 11.8 Å². The summed E-state index contributed by atoms with van der Waals surface area (Å²) in [4.78, 5) is 12.7. The molecular formula is C20H17N3O2. The van der Waals surface area contributed by atoms with Crippen molar-refractivity contribution in [1.29, 1.82) is 0 Å². The molecule has 1 spiro atoms. The Bertz CT molecular complexity index is 1050. The van der Waals surface area contributed by atoms with Crippen molar-refractivity contribution in [1.82, 2.24) is 10.2 Å². The molecule has 2 aromatic carbocycles. The van der Waals surface area contributed by atoms with Crippen molar-refractivity contribution in [2.24, 2.45) is 0 Å². The lowest BCUT2D eigenvalue weighted by Gasteiger charge is -2.10. The van der Waals surface area contributed by atoms with Crippen LogP contribution in [-0.2, 0) is 10.2 Å². The molecule has 5 nitrogen and oxygen atoms in total. The third kappa shape index (κ3) is 1.78. The van der Waals surface area contributed by atoms with Gasteiger partial charge < -0.3 is 10.1 Å². The maximum absolute atomic E-state index is 12.7. The molecule has 0 saturated heterocycles. The van der Waals surface area contributed by atoms with Crippen LogP contribution in [-0.4, -0.2) is 23.2 Å². The second kappa shape index (κ2) is 4.72. The van der Waals surface area contributed by atoms with Gasteiger partial charge in [0.15, 0.2) is 0 Å². The first kappa shape index (κ1) is 14.3. The molecule has 25 heavy (non-hydrogen) atoms. The van der Waals surface area contributed by atoms with E-state index in [1.807, 2.05) is 18.2 Å². The van der Waals surface area contributed by atoms with Gasteiger partial charge in [0.25, 0.3) is 0 Å². The van der Waals surface area contributed by atoms with E-state index in [0.717, 1.165) is 45.6 Å². The van der Waals surface area contributed by atoms with E-state index in [2.05, 4.69) is 40.3 Å². The maximum atomic E-state index is 12.7. The van der Waals surface area contributed by atoms with Gasteiger partial charge in [-0.1, -0.05) is 18.7 Å². The summed E-state index contributed by atoms with van der Waals surface area (Å²) in [6.45, 7) is 3.79. The molecule has 1 saturated carbocycles. The van der Waals surface area contributed by atoms with Crippen molar-refractivity contribution < 1.29 is 9.53 Å². The molecule has 1 aliphatic carbocycles. The first-order valence-corrected chi connectivity index (χ1v) is 8.28. The molecule has 5 heteroatoms. The Morgan fingerprint density at radius 1 is 1.32 bits per heavy atom. The average Bonchev–Trinajstić information content (AvgIpc) is 3.17. The first-order valence-electron chi connectivity index (χ1n) is 8.28. The smallest absolute Gasteiger partial charge is 0.235 e. The van der Waals surface area contributed by atoms with E-state index >= 15 is 0 Å². The highest BCUT2D eigenvalue weighted by Gasteiger charge is 2.65. The fraction of sp³-hybridized carbons (Fsp3) is 0.200. The number of aromatic amines is 1. The molecule has 0 radical (unpaired) electrons. The number of amides is 1. The normalized spacial score (nSPS) is 23.6. The third-order valence-corrected chi connectivity index (χ3v) is 5.53. The Morgan fingerprint density at radius 3 is 3.00 bits per heavy atom. The highest BCUT2D eigenvalue weighted by molar-refractivity contribution is 6.10. The number of ether oxygens (including phenoxy) is 1.